The van der Waals surface area contributed by atoms with Crippen molar-refractivity contribution < 1.29 is 17.9 Å². The van der Waals surface area contributed by atoms with Crippen molar-refractivity contribution in [3.05, 3.63) is 66.7 Å². The van der Waals surface area contributed by atoms with Crippen LogP contribution in [0.5, 0.6) is 5.75 Å². The molecule has 0 aliphatic heterocycles. The third kappa shape index (κ3) is 5.10. The number of nitrogens with zero attached hydrogens (tertiary/aromatic N) is 1. The van der Waals surface area contributed by atoms with Gasteiger partial charge in [-0.2, -0.15) is 0 Å². The van der Waals surface area contributed by atoms with Gasteiger partial charge in [-0.15, -0.1) is 0 Å². The van der Waals surface area contributed by atoms with Gasteiger partial charge in [-0.25, -0.2) is 8.42 Å². The largest absolute Gasteiger partial charge is 0.489 e. The van der Waals surface area contributed by atoms with Crippen LogP contribution >= 0.6 is 0 Å². The lowest BCUT2D eigenvalue weighted by molar-refractivity contribution is 0.102. The van der Waals surface area contributed by atoms with Crippen molar-refractivity contribution in [1.29, 1.82) is 0 Å². The van der Waals surface area contributed by atoms with Crippen molar-refractivity contribution in [1.82, 2.24) is 0 Å². The minimum absolute atomic E-state index is 0.292. The lowest BCUT2D eigenvalue weighted by Gasteiger charge is -2.20. The Morgan fingerprint density at radius 1 is 1.23 bits per heavy atom. The molecule has 0 aromatic heterocycles. The summed E-state index contributed by atoms with van der Waals surface area (Å²) in [5.41, 5.74) is 1.55. The zero-order valence-electron chi connectivity index (χ0n) is 14.8. The molecule has 0 saturated heterocycles. The second-order valence-electron chi connectivity index (χ2n) is 5.56. The Bertz CT molecular complexity index is 877. The molecule has 1 amide bonds. The summed E-state index contributed by atoms with van der Waals surface area (Å²) in [7, 11) is -3.35. The molecular formula is C19H22N2O4S. The van der Waals surface area contributed by atoms with Gasteiger partial charge in [-0.1, -0.05) is 18.7 Å². The molecule has 0 unspecified atom stereocenters. The number of carbonyl (C=O) groups excluding carboxylic acids is 1. The summed E-state index contributed by atoms with van der Waals surface area (Å²) in [4.78, 5) is 12.4. The Kier molecular flexibility index (Phi) is 6.41. The van der Waals surface area contributed by atoms with Crippen molar-refractivity contribution in [2.75, 3.05) is 29.0 Å². The maximum absolute atomic E-state index is 12.4. The van der Waals surface area contributed by atoms with E-state index in [0.717, 1.165) is 6.26 Å². The predicted octanol–water partition coefficient (Wildman–Crippen LogP) is 3.29. The molecule has 0 bridgehead atoms. The maximum atomic E-state index is 12.4. The average molecular weight is 374 g/mol. The van der Waals surface area contributed by atoms with Crippen molar-refractivity contribution >= 4 is 27.3 Å². The van der Waals surface area contributed by atoms with Gasteiger partial charge in [0.15, 0.2) is 0 Å². The third-order valence-corrected chi connectivity index (χ3v) is 4.83. The molecule has 0 aliphatic carbocycles. The molecule has 0 spiro atoms. The van der Waals surface area contributed by atoms with Crippen LogP contribution in [0.3, 0.4) is 0 Å². The van der Waals surface area contributed by atoms with Crippen LogP contribution in [0.4, 0.5) is 11.4 Å². The lowest BCUT2D eigenvalue weighted by atomic mass is 10.2. The highest BCUT2D eigenvalue weighted by molar-refractivity contribution is 7.92. The number of hydrogen-bond acceptors (Lipinski definition) is 4. The number of rotatable bonds is 8. The van der Waals surface area contributed by atoms with Gasteiger partial charge in [0.2, 0.25) is 10.0 Å². The highest BCUT2D eigenvalue weighted by Gasteiger charge is 2.15. The Hall–Kier alpha value is -2.80. The van der Waals surface area contributed by atoms with Gasteiger partial charge < -0.3 is 10.1 Å². The van der Waals surface area contributed by atoms with Gasteiger partial charge in [-0.05, 0) is 43.3 Å². The van der Waals surface area contributed by atoms with Gasteiger partial charge >= 0.3 is 0 Å². The molecule has 1 N–H and O–H groups in total. The van der Waals surface area contributed by atoms with Crippen LogP contribution in [0.1, 0.15) is 17.3 Å². The molecule has 0 heterocycles. The number of carbonyl (C=O) groups is 1. The van der Waals surface area contributed by atoms with E-state index in [1.807, 2.05) is 0 Å². The van der Waals surface area contributed by atoms with E-state index >= 15 is 0 Å². The number of amides is 1. The molecule has 0 fully saturated rings. The van der Waals surface area contributed by atoms with E-state index < -0.39 is 10.0 Å². The van der Waals surface area contributed by atoms with Crippen LogP contribution in [-0.4, -0.2) is 33.7 Å². The van der Waals surface area contributed by atoms with Crippen LogP contribution in [0.25, 0.3) is 0 Å². The van der Waals surface area contributed by atoms with E-state index in [2.05, 4.69) is 11.9 Å². The molecular weight excluding hydrogens is 352 g/mol. The van der Waals surface area contributed by atoms with E-state index in [1.165, 1.54) is 4.31 Å². The van der Waals surface area contributed by atoms with Gasteiger partial charge in [-0.3, -0.25) is 9.10 Å². The first-order chi connectivity index (χ1) is 12.3. The second kappa shape index (κ2) is 8.53. The van der Waals surface area contributed by atoms with Crippen LogP contribution < -0.4 is 14.4 Å². The van der Waals surface area contributed by atoms with Crippen LogP contribution in [0.15, 0.2) is 61.2 Å². The van der Waals surface area contributed by atoms with Crippen LogP contribution in [-0.2, 0) is 10.0 Å². The lowest BCUT2D eigenvalue weighted by Crippen LogP contribution is -2.29. The van der Waals surface area contributed by atoms with Crippen LogP contribution in [0, 0.1) is 0 Å². The van der Waals surface area contributed by atoms with Gasteiger partial charge in [0.25, 0.3) is 5.91 Å². The molecule has 26 heavy (non-hydrogen) atoms. The first-order valence-electron chi connectivity index (χ1n) is 8.08. The molecule has 2 aromatic carbocycles. The van der Waals surface area contributed by atoms with E-state index in [-0.39, 0.29) is 5.91 Å². The predicted molar refractivity (Wildman–Crippen MR) is 104 cm³/mol. The van der Waals surface area contributed by atoms with Gasteiger partial charge in [0.1, 0.15) is 12.4 Å². The summed E-state index contributed by atoms with van der Waals surface area (Å²) < 4.78 is 30.2. The Morgan fingerprint density at radius 3 is 2.50 bits per heavy atom. The number of ether oxygens (including phenoxy) is 1. The smallest absolute Gasteiger partial charge is 0.255 e. The van der Waals surface area contributed by atoms with Gasteiger partial charge in [0, 0.05) is 23.9 Å². The fraction of sp³-hybridized carbons (Fsp3) is 0.211. The summed E-state index contributed by atoms with van der Waals surface area (Å²) in [6.45, 7) is 6.05. The number of hydrogen-bond donors (Lipinski definition) is 1. The quantitative estimate of drug-likeness (QED) is 0.720. The summed E-state index contributed by atoms with van der Waals surface area (Å²) in [5.74, 6) is 0.338. The Balaban J connectivity index is 2.12. The molecule has 6 nitrogen and oxygen atoms in total. The molecule has 2 aromatic rings. The Morgan fingerprint density at radius 2 is 1.92 bits per heavy atom. The summed E-state index contributed by atoms with van der Waals surface area (Å²) >= 11 is 0. The number of anilines is 2. The highest BCUT2D eigenvalue weighted by Crippen LogP contribution is 2.20. The monoisotopic (exact) mass is 374 g/mol. The van der Waals surface area contributed by atoms with E-state index in [9.17, 15) is 13.2 Å². The normalized spacial score (nSPS) is 10.8. The summed E-state index contributed by atoms with van der Waals surface area (Å²) in [5, 5.41) is 2.79. The molecule has 0 aliphatic rings. The summed E-state index contributed by atoms with van der Waals surface area (Å²) in [6, 6.07) is 13.5. The van der Waals surface area contributed by atoms with Crippen molar-refractivity contribution in [3.8, 4) is 5.75 Å². The van der Waals surface area contributed by atoms with E-state index in [0.29, 0.717) is 35.8 Å². The van der Waals surface area contributed by atoms with E-state index in [1.54, 1.807) is 61.5 Å². The molecule has 138 valence electrons. The molecule has 0 radical (unpaired) electrons. The number of nitrogens with one attached hydrogen (secondary N) is 1. The van der Waals surface area contributed by atoms with Crippen LogP contribution in [0.2, 0.25) is 0 Å². The maximum Gasteiger partial charge on any atom is 0.255 e. The summed E-state index contributed by atoms with van der Waals surface area (Å²) in [6.07, 6.45) is 2.79. The minimum atomic E-state index is -3.35. The molecule has 2 rings (SSSR count). The average Bonchev–Trinajstić information content (AvgIpc) is 2.60. The zero-order valence-corrected chi connectivity index (χ0v) is 15.6. The fourth-order valence-corrected chi connectivity index (χ4v) is 3.38. The number of sulfonamides is 1. The zero-order chi connectivity index (χ0) is 19.2. The van der Waals surface area contributed by atoms with Crippen molar-refractivity contribution in [2.45, 2.75) is 6.92 Å². The fourth-order valence-electron chi connectivity index (χ4n) is 2.41. The van der Waals surface area contributed by atoms with E-state index in [4.69, 9.17) is 4.74 Å². The standard InChI is InChI=1S/C19H22N2O4S/c1-4-13-25-18-8-6-7-16(14-18)20-19(22)15-9-11-17(12-10-15)21(5-2)26(3,23)24/h4,6-12,14H,1,5,13H2,2-3H3,(H,20,22). The topological polar surface area (TPSA) is 75.7 Å². The minimum Gasteiger partial charge on any atom is -0.489 e. The first-order valence-corrected chi connectivity index (χ1v) is 9.93. The second-order valence-corrected chi connectivity index (χ2v) is 7.46. The third-order valence-electron chi connectivity index (χ3n) is 3.56. The van der Waals surface area contributed by atoms with Crippen molar-refractivity contribution in [2.24, 2.45) is 0 Å². The highest BCUT2D eigenvalue weighted by atomic mass is 32.2. The Labute approximate surface area is 154 Å². The molecule has 0 saturated carbocycles. The first kappa shape index (κ1) is 19.5. The SMILES string of the molecule is C=CCOc1cccc(NC(=O)c2ccc(N(CC)S(C)(=O)=O)cc2)c1. The molecule has 7 heteroatoms. The van der Waals surface area contributed by atoms with Gasteiger partial charge in [0.05, 0.1) is 11.9 Å². The number of benzene rings is 2. The van der Waals surface area contributed by atoms with Crippen molar-refractivity contribution in [3.63, 3.8) is 0 Å². The molecule has 0 atom stereocenters.